The molecule has 0 bridgehead atoms. The van der Waals surface area contributed by atoms with Crippen LogP contribution < -0.4 is 5.32 Å². The van der Waals surface area contributed by atoms with Crippen LogP contribution in [0.2, 0.25) is 0 Å². The van der Waals surface area contributed by atoms with Crippen LogP contribution in [0.4, 0.5) is 13.2 Å². The first-order valence-electron chi connectivity index (χ1n) is 8.54. The molecule has 1 atom stereocenters. The lowest BCUT2D eigenvalue weighted by Crippen LogP contribution is -2.38. The van der Waals surface area contributed by atoms with E-state index in [-0.39, 0.29) is 36.6 Å². The number of carbonyl (C=O) groups excluding carboxylic acids is 1. The highest BCUT2D eigenvalue weighted by molar-refractivity contribution is 5.85. The number of piperidine rings is 1. The summed E-state index contributed by atoms with van der Waals surface area (Å²) in [6.45, 7) is 3.21. The lowest BCUT2D eigenvalue weighted by Gasteiger charge is -2.31. The summed E-state index contributed by atoms with van der Waals surface area (Å²) in [7, 11) is 0. The lowest BCUT2D eigenvalue weighted by molar-refractivity contribution is -0.141. The Balaban J connectivity index is 0.00000169. The van der Waals surface area contributed by atoms with Gasteiger partial charge in [-0.3, -0.25) is 4.79 Å². The van der Waals surface area contributed by atoms with Crippen LogP contribution in [-0.2, 0) is 11.0 Å². The number of imidazole rings is 1. The van der Waals surface area contributed by atoms with Gasteiger partial charge in [0.25, 0.3) is 0 Å². The maximum atomic E-state index is 12.6. The van der Waals surface area contributed by atoms with Crippen LogP contribution in [0, 0.1) is 5.92 Å². The van der Waals surface area contributed by atoms with E-state index in [0.717, 1.165) is 32.1 Å². The van der Waals surface area contributed by atoms with Crippen LogP contribution in [0.5, 0.6) is 0 Å². The fourth-order valence-electron chi connectivity index (χ4n) is 3.54. The van der Waals surface area contributed by atoms with Crippen LogP contribution in [0.25, 0.3) is 0 Å². The van der Waals surface area contributed by atoms with Crippen molar-refractivity contribution in [2.75, 3.05) is 26.2 Å². The van der Waals surface area contributed by atoms with E-state index in [1.165, 1.54) is 0 Å². The van der Waals surface area contributed by atoms with E-state index in [1.807, 2.05) is 4.90 Å². The number of halogens is 5. The van der Waals surface area contributed by atoms with Crippen LogP contribution in [0.3, 0.4) is 0 Å². The van der Waals surface area contributed by atoms with Crippen molar-refractivity contribution in [1.29, 1.82) is 0 Å². The zero-order valence-electron chi connectivity index (χ0n) is 14.3. The van der Waals surface area contributed by atoms with Gasteiger partial charge in [-0.25, -0.2) is 4.98 Å². The molecule has 0 radical (unpaired) electrons. The Morgan fingerprint density at radius 3 is 2.46 bits per heavy atom. The Morgan fingerprint density at radius 1 is 1.23 bits per heavy atom. The van der Waals surface area contributed by atoms with Gasteiger partial charge in [-0.2, -0.15) is 13.2 Å². The Bertz CT molecular complexity index is 568. The van der Waals surface area contributed by atoms with E-state index in [9.17, 15) is 18.0 Å². The van der Waals surface area contributed by atoms with Crippen LogP contribution in [0.1, 0.15) is 49.5 Å². The quantitative estimate of drug-likeness (QED) is 0.790. The number of H-pyrrole nitrogens is 1. The number of hydrogen-bond acceptors (Lipinski definition) is 3. The zero-order valence-corrected chi connectivity index (χ0v) is 16.0. The molecule has 2 N–H and O–H groups in total. The first-order chi connectivity index (χ1) is 11.4. The fourth-order valence-corrected chi connectivity index (χ4v) is 3.54. The molecule has 150 valence electrons. The second-order valence-electron chi connectivity index (χ2n) is 6.73. The number of rotatable bonds is 4. The van der Waals surface area contributed by atoms with Crippen LogP contribution in [-0.4, -0.2) is 47.0 Å². The monoisotopic (exact) mass is 416 g/mol. The first kappa shape index (κ1) is 23.0. The summed E-state index contributed by atoms with van der Waals surface area (Å²) in [6, 6.07) is 0. The second kappa shape index (κ2) is 9.80. The summed E-state index contributed by atoms with van der Waals surface area (Å²) < 4.78 is 37.9. The van der Waals surface area contributed by atoms with Gasteiger partial charge in [-0.05, 0) is 44.7 Å². The number of aromatic nitrogens is 2. The van der Waals surface area contributed by atoms with Crippen LogP contribution in [0.15, 0.2) is 6.20 Å². The summed E-state index contributed by atoms with van der Waals surface area (Å²) in [6.07, 6.45) is 0.382. The molecular weight excluding hydrogens is 392 g/mol. The van der Waals surface area contributed by atoms with Crippen molar-refractivity contribution in [3.05, 3.63) is 17.7 Å². The lowest BCUT2D eigenvalue weighted by atomic mass is 9.95. The van der Waals surface area contributed by atoms with E-state index in [1.54, 1.807) is 0 Å². The smallest absolute Gasteiger partial charge is 0.343 e. The minimum atomic E-state index is -4.39. The average molecular weight is 417 g/mol. The number of likely N-dealkylation sites (tertiary alicyclic amines) is 1. The number of aromatic amines is 1. The van der Waals surface area contributed by atoms with Crippen LogP contribution >= 0.6 is 24.8 Å². The third-order valence-corrected chi connectivity index (χ3v) is 5.06. The van der Waals surface area contributed by atoms with E-state index < -0.39 is 11.9 Å². The van der Waals surface area contributed by atoms with Gasteiger partial charge in [0.1, 0.15) is 11.5 Å². The predicted octanol–water partition coefficient (Wildman–Crippen LogP) is 3.37. The van der Waals surface area contributed by atoms with E-state index in [4.69, 9.17) is 0 Å². The van der Waals surface area contributed by atoms with Crippen molar-refractivity contribution in [3.8, 4) is 0 Å². The molecule has 1 unspecified atom stereocenters. The van der Waals surface area contributed by atoms with Crippen molar-refractivity contribution in [1.82, 2.24) is 20.2 Å². The second-order valence-corrected chi connectivity index (χ2v) is 6.73. The molecule has 0 aromatic carbocycles. The molecule has 0 saturated carbocycles. The highest BCUT2D eigenvalue weighted by atomic mass is 35.5. The molecular formula is C16H25Cl2F3N4O. The first-order valence-corrected chi connectivity index (χ1v) is 8.54. The number of amides is 1. The summed E-state index contributed by atoms with van der Waals surface area (Å²) in [5, 5.41) is 3.30. The van der Waals surface area contributed by atoms with E-state index in [0.29, 0.717) is 44.1 Å². The van der Waals surface area contributed by atoms with Gasteiger partial charge in [-0.15, -0.1) is 24.8 Å². The minimum Gasteiger partial charge on any atom is -0.343 e. The van der Waals surface area contributed by atoms with Crippen molar-refractivity contribution in [2.45, 2.75) is 44.2 Å². The number of hydrogen-bond donors (Lipinski definition) is 2. The fraction of sp³-hybridized carbons (Fsp3) is 0.750. The summed E-state index contributed by atoms with van der Waals surface area (Å²) >= 11 is 0. The number of carbonyl (C=O) groups is 1. The molecule has 0 aliphatic carbocycles. The SMILES string of the molecule is Cl.Cl.O=C(CCC1CCNC1)N1CCC(c2ncc(C(F)(F)F)[nH]2)CC1. The Morgan fingerprint density at radius 2 is 1.92 bits per heavy atom. The summed E-state index contributed by atoms with van der Waals surface area (Å²) in [5.41, 5.74) is -0.804. The minimum absolute atomic E-state index is 0. The molecule has 10 heteroatoms. The average Bonchev–Trinajstić information content (AvgIpc) is 3.23. The number of nitrogens with one attached hydrogen (secondary N) is 2. The van der Waals surface area contributed by atoms with Crippen molar-refractivity contribution < 1.29 is 18.0 Å². The van der Waals surface area contributed by atoms with Gasteiger partial charge < -0.3 is 15.2 Å². The molecule has 2 fully saturated rings. The molecule has 5 nitrogen and oxygen atoms in total. The summed E-state index contributed by atoms with van der Waals surface area (Å²) in [5.74, 6) is 1.10. The Kier molecular flexibility index (Phi) is 8.69. The van der Waals surface area contributed by atoms with Gasteiger partial charge in [-0.1, -0.05) is 0 Å². The largest absolute Gasteiger partial charge is 0.432 e. The zero-order chi connectivity index (χ0) is 17.2. The van der Waals surface area contributed by atoms with Crippen molar-refractivity contribution in [3.63, 3.8) is 0 Å². The van der Waals surface area contributed by atoms with Gasteiger partial charge in [0.05, 0.1) is 6.20 Å². The maximum Gasteiger partial charge on any atom is 0.432 e. The third kappa shape index (κ3) is 5.76. The highest BCUT2D eigenvalue weighted by Gasteiger charge is 2.34. The molecule has 3 heterocycles. The molecule has 0 spiro atoms. The van der Waals surface area contributed by atoms with Gasteiger partial charge in [0.15, 0.2) is 0 Å². The maximum absolute atomic E-state index is 12.6. The standard InChI is InChI=1S/C16H23F3N4O.2ClH/c17-16(18,19)13-10-21-15(22-13)12-4-7-23(8-5-12)14(24)2-1-11-3-6-20-9-11;;/h10-12,20H,1-9H2,(H,21,22);2*1H. The molecule has 2 aliphatic rings. The van der Waals surface area contributed by atoms with E-state index in [2.05, 4.69) is 15.3 Å². The topological polar surface area (TPSA) is 61.0 Å². The number of nitrogens with zero attached hydrogens (tertiary/aromatic N) is 2. The normalized spacial score (nSPS) is 21.2. The molecule has 26 heavy (non-hydrogen) atoms. The van der Waals surface area contributed by atoms with Crippen molar-refractivity contribution >= 4 is 30.7 Å². The molecule has 1 amide bonds. The molecule has 2 saturated heterocycles. The third-order valence-electron chi connectivity index (χ3n) is 5.06. The van der Waals surface area contributed by atoms with Gasteiger partial charge in [0, 0.05) is 25.4 Å². The molecule has 1 aromatic heterocycles. The predicted molar refractivity (Wildman–Crippen MR) is 96.9 cm³/mol. The molecule has 3 rings (SSSR count). The molecule has 2 aliphatic heterocycles. The number of alkyl halides is 3. The van der Waals surface area contributed by atoms with Gasteiger partial charge >= 0.3 is 6.18 Å². The summed E-state index contributed by atoms with van der Waals surface area (Å²) in [4.78, 5) is 20.4. The highest BCUT2D eigenvalue weighted by Crippen LogP contribution is 2.31. The van der Waals surface area contributed by atoms with Crippen molar-refractivity contribution in [2.24, 2.45) is 5.92 Å². The van der Waals surface area contributed by atoms with E-state index >= 15 is 0 Å². The van der Waals surface area contributed by atoms with Gasteiger partial charge in [0.2, 0.25) is 5.91 Å². The Labute approximate surface area is 163 Å². The molecule has 1 aromatic rings. The Hall–Kier alpha value is -0.990.